The van der Waals surface area contributed by atoms with E-state index in [0.717, 1.165) is 0 Å². The molecule has 21 heavy (non-hydrogen) atoms. The Labute approximate surface area is 120 Å². The average molecular weight is 292 g/mol. The molecule has 2 atom stereocenters. The summed E-state index contributed by atoms with van der Waals surface area (Å²) in [4.78, 5) is 23.2. The molecular formula is C14H16N2O5. The molecule has 2 unspecified atom stereocenters. The van der Waals surface area contributed by atoms with E-state index in [9.17, 15) is 9.59 Å². The van der Waals surface area contributed by atoms with E-state index in [1.807, 2.05) is 6.92 Å². The topological polar surface area (TPSA) is 106 Å². The van der Waals surface area contributed by atoms with Crippen LogP contribution < -0.4 is 5.32 Å². The van der Waals surface area contributed by atoms with Gasteiger partial charge in [0.15, 0.2) is 11.5 Å². The van der Waals surface area contributed by atoms with Gasteiger partial charge in [-0.25, -0.2) is 4.79 Å². The highest BCUT2D eigenvalue weighted by Gasteiger charge is 2.27. The lowest BCUT2D eigenvalue weighted by Gasteiger charge is -2.19. The molecule has 0 saturated heterocycles. The lowest BCUT2D eigenvalue weighted by atomic mass is 9.99. The summed E-state index contributed by atoms with van der Waals surface area (Å²) >= 11 is 0. The molecule has 0 radical (unpaired) electrons. The number of carboxylic acids is 1. The van der Waals surface area contributed by atoms with E-state index >= 15 is 0 Å². The highest BCUT2D eigenvalue weighted by molar-refractivity contribution is 5.95. The summed E-state index contributed by atoms with van der Waals surface area (Å²) in [5.74, 6) is -1.11. The number of carboxylic acid groups (broad SMARTS) is 1. The van der Waals surface area contributed by atoms with Crippen molar-refractivity contribution < 1.29 is 23.6 Å². The maximum Gasteiger partial charge on any atom is 0.326 e. The highest BCUT2D eigenvalue weighted by Crippen LogP contribution is 2.20. The third-order valence-corrected chi connectivity index (χ3v) is 3.27. The third kappa shape index (κ3) is 3.31. The van der Waals surface area contributed by atoms with Crippen LogP contribution in [0.1, 0.15) is 30.8 Å². The molecule has 0 bridgehead atoms. The normalized spacial score (nSPS) is 13.6. The van der Waals surface area contributed by atoms with Crippen LogP contribution in [0.25, 0.3) is 11.5 Å². The van der Waals surface area contributed by atoms with Gasteiger partial charge in [0.25, 0.3) is 5.91 Å². The molecule has 2 rings (SSSR count). The monoisotopic (exact) mass is 292 g/mol. The maximum atomic E-state index is 12.0. The lowest BCUT2D eigenvalue weighted by molar-refractivity contribution is -0.140. The number of hydrogen-bond acceptors (Lipinski definition) is 5. The van der Waals surface area contributed by atoms with Crippen molar-refractivity contribution >= 4 is 11.9 Å². The number of aliphatic carboxylic acids is 1. The molecule has 2 aromatic heterocycles. The standard InChI is InChI=1S/C14H16N2O5/c1-3-8(2)12(14(18)19)15-13(17)9-7-11(21-16-9)10-5-4-6-20-10/h4-8,12H,3H2,1-2H3,(H,15,17)(H,18,19). The van der Waals surface area contributed by atoms with Crippen molar-refractivity contribution in [1.82, 2.24) is 10.5 Å². The van der Waals surface area contributed by atoms with E-state index in [1.165, 1.54) is 12.3 Å². The minimum absolute atomic E-state index is 0.0101. The quantitative estimate of drug-likeness (QED) is 0.845. The van der Waals surface area contributed by atoms with E-state index in [0.29, 0.717) is 17.9 Å². The third-order valence-electron chi connectivity index (χ3n) is 3.27. The lowest BCUT2D eigenvalue weighted by Crippen LogP contribution is -2.45. The summed E-state index contributed by atoms with van der Waals surface area (Å²) in [6.45, 7) is 3.62. The number of nitrogens with zero attached hydrogens (tertiary/aromatic N) is 1. The molecule has 0 saturated carbocycles. The summed E-state index contributed by atoms with van der Waals surface area (Å²) in [5.41, 5.74) is 0.0101. The van der Waals surface area contributed by atoms with Gasteiger partial charge in [-0.1, -0.05) is 25.4 Å². The molecule has 2 N–H and O–H groups in total. The fourth-order valence-corrected chi connectivity index (χ4v) is 1.82. The van der Waals surface area contributed by atoms with Crippen molar-refractivity contribution in [1.29, 1.82) is 0 Å². The molecule has 2 heterocycles. The van der Waals surface area contributed by atoms with E-state index < -0.39 is 17.9 Å². The largest absolute Gasteiger partial charge is 0.480 e. The second-order valence-corrected chi connectivity index (χ2v) is 4.73. The van der Waals surface area contributed by atoms with Crippen LogP contribution in [0.2, 0.25) is 0 Å². The predicted octanol–water partition coefficient (Wildman–Crippen LogP) is 2.16. The Morgan fingerprint density at radius 2 is 2.19 bits per heavy atom. The molecule has 7 heteroatoms. The van der Waals surface area contributed by atoms with Gasteiger partial charge in [-0.05, 0) is 18.1 Å². The number of carbonyl (C=O) groups is 2. The van der Waals surface area contributed by atoms with Gasteiger partial charge >= 0.3 is 5.97 Å². The van der Waals surface area contributed by atoms with Gasteiger partial charge in [0, 0.05) is 6.07 Å². The Morgan fingerprint density at radius 3 is 2.76 bits per heavy atom. The molecule has 0 aliphatic rings. The van der Waals surface area contributed by atoms with Crippen LogP contribution in [0.15, 0.2) is 33.4 Å². The van der Waals surface area contributed by atoms with Crippen molar-refractivity contribution in [3.63, 3.8) is 0 Å². The number of amides is 1. The van der Waals surface area contributed by atoms with Crippen LogP contribution >= 0.6 is 0 Å². The number of hydrogen-bond donors (Lipinski definition) is 2. The van der Waals surface area contributed by atoms with Crippen LogP contribution in [-0.4, -0.2) is 28.2 Å². The molecule has 0 aliphatic carbocycles. The molecule has 112 valence electrons. The van der Waals surface area contributed by atoms with Gasteiger partial charge in [0.05, 0.1) is 6.26 Å². The number of rotatable bonds is 6. The van der Waals surface area contributed by atoms with Crippen molar-refractivity contribution in [2.45, 2.75) is 26.3 Å². The molecule has 0 fully saturated rings. The van der Waals surface area contributed by atoms with Gasteiger partial charge < -0.3 is 19.4 Å². The smallest absolute Gasteiger partial charge is 0.326 e. The Hall–Kier alpha value is -2.57. The predicted molar refractivity (Wildman–Crippen MR) is 72.6 cm³/mol. The molecule has 7 nitrogen and oxygen atoms in total. The molecule has 2 aromatic rings. The Kier molecular flexibility index (Phi) is 4.42. The molecule has 0 aliphatic heterocycles. The summed E-state index contributed by atoms with van der Waals surface area (Å²) < 4.78 is 10.1. The summed E-state index contributed by atoms with van der Waals surface area (Å²) in [6.07, 6.45) is 2.11. The number of carbonyl (C=O) groups excluding carboxylic acids is 1. The number of aromatic nitrogens is 1. The molecule has 0 aromatic carbocycles. The first kappa shape index (κ1) is 14.8. The van der Waals surface area contributed by atoms with Crippen LogP contribution in [0, 0.1) is 5.92 Å². The van der Waals surface area contributed by atoms with E-state index in [-0.39, 0.29) is 11.6 Å². The second-order valence-electron chi connectivity index (χ2n) is 4.73. The SMILES string of the molecule is CCC(C)C(NC(=O)c1cc(-c2ccco2)on1)C(=O)O. The zero-order valence-corrected chi connectivity index (χ0v) is 11.7. The fourth-order valence-electron chi connectivity index (χ4n) is 1.82. The summed E-state index contributed by atoms with van der Waals surface area (Å²) in [7, 11) is 0. The molecule has 1 amide bonds. The van der Waals surface area contributed by atoms with Crippen molar-refractivity contribution in [2.75, 3.05) is 0 Å². The minimum atomic E-state index is -1.08. The van der Waals surface area contributed by atoms with Gasteiger partial charge in [-0.2, -0.15) is 0 Å². The van der Waals surface area contributed by atoms with Crippen molar-refractivity contribution in [3.8, 4) is 11.5 Å². The van der Waals surface area contributed by atoms with Gasteiger partial charge in [0.2, 0.25) is 5.76 Å². The summed E-state index contributed by atoms with van der Waals surface area (Å²) in [6, 6.07) is 3.79. The number of furan rings is 1. The van der Waals surface area contributed by atoms with Gasteiger partial charge in [-0.3, -0.25) is 4.79 Å². The minimum Gasteiger partial charge on any atom is -0.480 e. The Bertz CT molecular complexity index is 617. The van der Waals surface area contributed by atoms with Crippen molar-refractivity contribution in [2.24, 2.45) is 5.92 Å². The zero-order valence-electron chi connectivity index (χ0n) is 11.7. The first-order valence-electron chi connectivity index (χ1n) is 6.57. The zero-order chi connectivity index (χ0) is 15.4. The number of nitrogens with one attached hydrogen (secondary N) is 1. The molecular weight excluding hydrogens is 276 g/mol. The highest BCUT2D eigenvalue weighted by atomic mass is 16.5. The van der Waals surface area contributed by atoms with E-state index in [1.54, 1.807) is 19.1 Å². The van der Waals surface area contributed by atoms with Crippen LogP contribution in [0.3, 0.4) is 0 Å². The van der Waals surface area contributed by atoms with E-state index in [4.69, 9.17) is 14.0 Å². The van der Waals surface area contributed by atoms with Crippen LogP contribution in [0.4, 0.5) is 0 Å². The van der Waals surface area contributed by atoms with Crippen LogP contribution in [-0.2, 0) is 4.79 Å². The molecule has 0 spiro atoms. The maximum absolute atomic E-state index is 12.0. The Balaban J connectivity index is 2.11. The fraction of sp³-hybridized carbons (Fsp3) is 0.357. The van der Waals surface area contributed by atoms with E-state index in [2.05, 4.69) is 10.5 Å². The summed E-state index contributed by atoms with van der Waals surface area (Å²) in [5, 5.41) is 15.2. The van der Waals surface area contributed by atoms with Gasteiger partial charge in [-0.15, -0.1) is 0 Å². The second kappa shape index (κ2) is 6.25. The van der Waals surface area contributed by atoms with Gasteiger partial charge in [0.1, 0.15) is 6.04 Å². The first-order chi connectivity index (χ1) is 10.0. The van der Waals surface area contributed by atoms with Crippen molar-refractivity contribution in [3.05, 3.63) is 30.2 Å². The Morgan fingerprint density at radius 1 is 1.43 bits per heavy atom. The van der Waals surface area contributed by atoms with Crippen LogP contribution in [0.5, 0.6) is 0 Å². The first-order valence-corrected chi connectivity index (χ1v) is 6.57. The average Bonchev–Trinajstić information content (AvgIpc) is 3.12.